The minimum absolute atomic E-state index is 0.223. The highest BCUT2D eigenvalue weighted by atomic mass is 15.2. The van der Waals surface area contributed by atoms with Crippen molar-refractivity contribution in [1.29, 1.82) is 0 Å². The van der Waals surface area contributed by atoms with Crippen LogP contribution in [0.1, 0.15) is 91.2 Å². The second-order valence-electron chi connectivity index (χ2n) is 10.5. The lowest BCUT2D eigenvalue weighted by molar-refractivity contribution is 0.195. The normalized spacial score (nSPS) is 27.1. The van der Waals surface area contributed by atoms with Crippen LogP contribution in [0.3, 0.4) is 0 Å². The van der Waals surface area contributed by atoms with Crippen LogP contribution in [0.5, 0.6) is 0 Å². The van der Waals surface area contributed by atoms with Crippen LogP contribution in [-0.2, 0) is 6.42 Å². The van der Waals surface area contributed by atoms with Crippen molar-refractivity contribution in [2.45, 2.75) is 92.0 Å². The fraction of sp³-hybridized carbons (Fsp3) is 0.630. The molecule has 0 bridgehead atoms. The van der Waals surface area contributed by atoms with Crippen LogP contribution in [0, 0.1) is 11.3 Å². The van der Waals surface area contributed by atoms with Gasteiger partial charge in [0.15, 0.2) is 0 Å². The van der Waals surface area contributed by atoms with E-state index in [1.165, 1.54) is 43.4 Å². The Kier molecular flexibility index (Phi) is 6.13. The molecule has 1 heterocycles. The zero-order valence-electron chi connectivity index (χ0n) is 19.3. The fourth-order valence-corrected chi connectivity index (χ4v) is 5.72. The maximum Gasteiger partial charge on any atom is 0.0349 e. The fourth-order valence-electron chi connectivity index (χ4n) is 5.72. The van der Waals surface area contributed by atoms with Gasteiger partial charge < -0.3 is 4.90 Å². The van der Waals surface area contributed by atoms with Gasteiger partial charge in [0.25, 0.3) is 0 Å². The van der Waals surface area contributed by atoms with E-state index in [0.29, 0.717) is 17.3 Å². The lowest BCUT2D eigenvalue weighted by atomic mass is 9.78. The van der Waals surface area contributed by atoms with Crippen LogP contribution in [0.4, 0.5) is 0 Å². The summed E-state index contributed by atoms with van der Waals surface area (Å²) in [7, 11) is 0. The molecule has 0 spiro atoms. The second kappa shape index (κ2) is 8.09. The van der Waals surface area contributed by atoms with Crippen molar-refractivity contribution in [1.82, 2.24) is 4.90 Å². The van der Waals surface area contributed by atoms with E-state index >= 15 is 0 Å². The lowest BCUT2D eigenvalue weighted by Crippen LogP contribution is -2.40. The Balaban J connectivity index is 1.86. The predicted octanol–water partition coefficient (Wildman–Crippen LogP) is 7.49. The molecule has 2 atom stereocenters. The number of likely N-dealkylation sites (tertiary alicyclic amines) is 1. The van der Waals surface area contributed by atoms with E-state index in [0.717, 1.165) is 6.42 Å². The van der Waals surface area contributed by atoms with Gasteiger partial charge in [0.05, 0.1) is 0 Å². The van der Waals surface area contributed by atoms with Gasteiger partial charge in [-0.3, -0.25) is 0 Å². The van der Waals surface area contributed by atoms with Gasteiger partial charge in [-0.1, -0.05) is 71.0 Å². The van der Waals surface area contributed by atoms with Crippen LogP contribution in [0.15, 0.2) is 47.7 Å². The maximum atomic E-state index is 2.80. The summed E-state index contributed by atoms with van der Waals surface area (Å²) in [5.41, 5.74) is 6.70. The summed E-state index contributed by atoms with van der Waals surface area (Å²) >= 11 is 0. The molecule has 1 aromatic rings. The highest BCUT2D eigenvalue weighted by Crippen LogP contribution is 2.48. The molecule has 0 amide bonds. The summed E-state index contributed by atoms with van der Waals surface area (Å²) in [4.78, 5) is 2.80. The zero-order chi connectivity index (χ0) is 20.5. The molecule has 154 valence electrons. The van der Waals surface area contributed by atoms with Crippen LogP contribution >= 0.6 is 0 Å². The van der Waals surface area contributed by atoms with Gasteiger partial charge in [-0.25, -0.2) is 0 Å². The van der Waals surface area contributed by atoms with Crippen molar-refractivity contribution in [3.8, 4) is 0 Å². The van der Waals surface area contributed by atoms with Gasteiger partial charge in [0.1, 0.15) is 0 Å². The van der Waals surface area contributed by atoms with Crippen molar-refractivity contribution < 1.29 is 0 Å². The molecule has 0 radical (unpaired) electrons. The molecule has 1 aliphatic carbocycles. The molecule has 1 saturated heterocycles. The Morgan fingerprint density at radius 1 is 1.07 bits per heavy atom. The Morgan fingerprint density at radius 3 is 2.32 bits per heavy atom. The molecule has 1 aliphatic heterocycles. The second-order valence-corrected chi connectivity index (χ2v) is 10.5. The number of allylic oxidation sites excluding steroid dienone is 4. The highest BCUT2D eigenvalue weighted by Gasteiger charge is 2.47. The van der Waals surface area contributed by atoms with Gasteiger partial charge in [-0.2, -0.15) is 0 Å². The van der Waals surface area contributed by atoms with Crippen LogP contribution < -0.4 is 0 Å². The summed E-state index contributed by atoms with van der Waals surface area (Å²) < 4.78 is 0. The van der Waals surface area contributed by atoms with Gasteiger partial charge >= 0.3 is 0 Å². The molecule has 1 unspecified atom stereocenters. The zero-order valence-corrected chi connectivity index (χ0v) is 19.3. The Hall–Kier alpha value is -1.50. The number of nitrogens with zero attached hydrogens (tertiary/aromatic N) is 1. The third kappa shape index (κ3) is 4.24. The van der Waals surface area contributed by atoms with Crippen molar-refractivity contribution >= 4 is 0 Å². The number of rotatable bonds is 6. The van der Waals surface area contributed by atoms with Crippen molar-refractivity contribution in [2.24, 2.45) is 11.3 Å². The standard InChI is InChI=1S/C27H41N/c1-8-22-11-10-12-23(9-2)25(22)28-19-27(7,18-26(28,5)6)17-21-13-15-24(16-14-21)20(3)4/h10-11,13-16,20,23H,8-9,12,17-19H2,1-7H3/t23-,27?/m1/s1. The van der Waals surface area contributed by atoms with E-state index in [-0.39, 0.29) is 5.54 Å². The van der Waals surface area contributed by atoms with Gasteiger partial charge in [0.2, 0.25) is 0 Å². The SMILES string of the molecule is CCC1=C(N2CC(C)(Cc3ccc(C(C)C)cc3)CC2(C)C)[C@H](CC)CC=C1. The first-order chi connectivity index (χ1) is 13.2. The largest absolute Gasteiger partial charge is 0.369 e. The van der Waals surface area contributed by atoms with Gasteiger partial charge in [0, 0.05) is 23.7 Å². The molecule has 1 aromatic carbocycles. The maximum absolute atomic E-state index is 2.80. The minimum atomic E-state index is 0.223. The highest BCUT2D eigenvalue weighted by molar-refractivity contribution is 5.33. The van der Waals surface area contributed by atoms with Crippen molar-refractivity contribution in [3.05, 3.63) is 58.8 Å². The first-order valence-electron chi connectivity index (χ1n) is 11.4. The third-order valence-electron chi connectivity index (χ3n) is 7.03. The molecule has 1 fully saturated rings. The number of hydrogen-bond acceptors (Lipinski definition) is 1. The smallest absolute Gasteiger partial charge is 0.0349 e. The molecule has 3 rings (SSSR count). The van der Waals surface area contributed by atoms with E-state index in [1.54, 1.807) is 11.3 Å². The van der Waals surface area contributed by atoms with E-state index in [9.17, 15) is 0 Å². The van der Waals surface area contributed by atoms with Gasteiger partial charge in [-0.15, -0.1) is 0 Å². The number of benzene rings is 1. The van der Waals surface area contributed by atoms with E-state index in [2.05, 4.69) is 89.8 Å². The van der Waals surface area contributed by atoms with E-state index < -0.39 is 0 Å². The summed E-state index contributed by atoms with van der Waals surface area (Å²) in [5.74, 6) is 1.29. The van der Waals surface area contributed by atoms with Crippen LogP contribution in [-0.4, -0.2) is 17.0 Å². The topological polar surface area (TPSA) is 3.24 Å². The van der Waals surface area contributed by atoms with Gasteiger partial charge in [-0.05, 0) is 74.0 Å². The molecular weight excluding hydrogens is 338 g/mol. The summed E-state index contributed by atoms with van der Waals surface area (Å²) in [6.07, 6.45) is 10.8. The summed E-state index contributed by atoms with van der Waals surface area (Å²) in [5, 5.41) is 0. The average Bonchev–Trinajstić information content (AvgIpc) is 2.89. The first kappa shape index (κ1) is 21.2. The first-order valence-corrected chi connectivity index (χ1v) is 11.4. The number of hydrogen-bond donors (Lipinski definition) is 0. The Bertz CT molecular complexity index is 734. The molecule has 1 nitrogen and oxygen atoms in total. The molecule has 2 aliphatic rings. The molecule has 1 heteroatoms. The van der Waals surface area contributed by atoms with Crippen molar-refractivity contribution in [3.63, 3.8) is 0 Å². The van der Waals surface area contributed by atoms with Crippen LogP contribution in [0.2, 0.25) is 0 Å². The van der Waals surface area contributed by atoms with E-state index in [4.69, 9.17) is 0 Å². The van der Waals surface area contributed by atoms with E-state index in [1.807, 2.05) is 0 Å². The monoisotopic (exact) mass is 379 g/mol. The molecule has 0 N–H and O–H groups in total. The summed E-state index contributed by atoms with van der Waals surface area (Å²) in [6, 6.07) is 9.40. The average molecular weight is 380 g/mol. The minimum Gasteiger partial charge on any atom is -0.369 e. The van der Waals surface area contributed by atoms with Crippen LogP contribution in [0.25, 0.3) is 0 Å². The molecule has 28 heavy (non-hydrogen) atoms. The molecule has 0 aromatic heterocycles. The quantitative estimate of drug-likeness (QED) is 0.495. The van der Waals surface area contributed by atoms with Crippen molar-refractivity contribution in [2.75, 3.05) is 6.54 Å². The molecular formula is C27H41N. The Morgan fingerprint density at radius 2 is 1.75 bits per heavy atom. The third-order valence-corrected chi connectivity index (χ3v) is 7.03. The summed E-state index contributed by atoms with van der Waals surface area (Å²) in [6.45, 7) is 17.8. The molecule has 0 saturated carbocycles. The Labute approximate surface area is 173 Å². The lowest BCUT2D eigenvalue weighted by Gasteiger charge is -2.41. The predicted molar refractivity (Wildman–Crippen MR) is 123 cm³/mol.